The number of fused-ring (bicyclic) bond motifs is 18. The third-order valence-electron chi connectivity index (χ3n) is 23.0. The number of nitrogens with zero attached hydrogens (tertiary/aromatic N) is 1. The molecule has 0 atom stereocenters. The van der Waals surface area contributed by atoms with Crippen LogP contribution in [0, 0.1) is 0 Å². The molecule has 0 radical (unpaired) electrons. The number of benzene rings is 16. The molecule has 512 valence electrons. The molecule has 0 saturated heterocycles. The van der Waals surface area contributed by atoms with Gasteiger partial charge in [-0.25, -0.2) is 0 Å². The average molecular weight is 1390 g/mol. The third-order valence-corrected chi connectivity index (χ3v) is 23.3. The molecule has 2 spiro atoms. The Hall–Kier alpha value is -12.6. The highest BCUT2D eigenvalue weighted by atomic mass is 35.5. The Labute approximate surface area is 634 Å². The minimum Gasteiger partial charge on any atom is -0.356 e. The van der Waals surface area contributed by atoms with Crippen molar-refractivity contribution in [3.05, 3.63) is 472 Å². The van der Waals surface area contributed by atoms with E-state index in [-0.39, 0.29) is 16.2 Å². The molecule has 2 nitrogen and oxygen atoms in total. The molecule has 16 aromatic carbocycles. The highest BCUT2D eigenvalue weighted by Crippen LogP contribution is 2.64. The molecule has 0 heterocycles. The van der Waals surface area contributed by atoms with E-state index in [2.05, 4.69) is 420 Å². The van der Waals surface area contributed by atoms with Crippen molar-refractivity contribution in [2.24, 2.45) is 0 Å². The summed E-state index contributed by atoms with van der Waals surface area (Å²) >= 11 is 6.46. The zero-order chi connectivity index (χ0) is 72.3. The van der Waals surface area contributed by atoms with Crippen LogP contribution in [0.2, 0.25) is 5.02 Å². The maximum absolute atomic E-state index is 6.46. The van der Waals surface area contributed by atoms with Crippen LogP contribution in [-0.2, 0) is 21.7 Å². The van der Waals surface area contributed by atoms with Crippen molar-refractivity contribution in [3.8, 4) is 66.8 Å². The second-order valence-electron chi connectivity index (χ2n) is 29.6. The summed E-state index contributed by atoms with van der Waals surface area (Å²) in [6.07, 6.45) is 0. The molecule has 3 heteroatoms. The molecule has 16 aromatic rings. The largest absolute Gasteiger partial charge is 0.356 e. The molecule has 4 aliphatic rings. The van der Waals surface area contributed by atoms with Crippen molar-refractivity contribution in [3.63, 3.8) is 0 Å². The molecule has 0 aliphatic heterocycles. The molecule has 0 unspecified atom stereocenters. The first kappa shape index (κ1) is 66.4. The highest BCUT2D eigenvalue weighted by Gasteiger charge is 2.55. The molecule has 0 aromatic heterocycles. The predicted octanol–water partition coefficient (Wildman–Crippen LogP) is 27.6. The molecule has 4 aliphatic carbocycles. The Bertz CT molecular complexity index is 5680. The Morgan fingerprint density at radius 1 is 0.206 bits per heavy atom. The average Bonchev–Trinajstić information content (AvgIpc) is 1.57. The summed E-state index contributed by atoms with van der Waals surface area (Å²) in [5.41, 5.74) is 36.1. The molecule has 0 fully saturated rings. The highest BCUT2D eigenvalue weighted by molar-refractivity contribution is 6.31. The maximum atomic E-state index is 6.46. The SMILES string of the molecule is CC1(C)c2ccccc2C2(c3ccccc3-c3cc(Cl)ccc32)c2ccccc21.CC1(C)c2ccccc2C2(c3ccccc3-c3cc(N(c4ccc(-c5ccccc5)cc4)c4ccc(-c5ccccc5)cc4)ccc32)c2ccccc21.c1ccc(-c2ccc(Nc3ccc(-c4ccccc4)cc3)cc2)cc1. The van der Waals surface area contributed by atoms with Gasteiger partial charge in [-0.1, -0.05) is 367 Å². The lowest BCUT2D eigenvalue weighted by Crippen LogP contribution is -2.40. The van der Waals surface area contributed by atoms with E-state index in [0.29, 0.717) is 0 Å². The topological polar surface area (TPSA) is 15.3 Å². The van der Waals surface area contributed by atoms with Gasteiger partial charge in [-0.2, -0.15) is 0 Å². The summed E-state index contributed by atoms with van der Waals surface area (Å²) in [4.78, 5) is 2.41. The lowest BCUT2D eigenvalue weighted by molar-refractivity contribution is 0.563. The summed E-state index contributed by atoms with van der Waals surface area (Å²) in [6.45, 7) is 9.46. The molecule has 0 bridgehead atoms. The van der Waals surface area contributed by atoms with Crippen LogP contribution in [0.1, 0.15) is 94.5 Å². The molecular weight excluding hydrogens is 1310 g/mol. The maximum Gasteiger partial charge on any atom is 0.0719 e. The molecule has 1 N–H and O–H groups in total. The number of nitrogens with one attached hydrogen (secondary N) is 1. The first-order chi connectivity index (χ1) is 52.5. The van der Waals surface area contributed by atoms with Crippen molar-refractivity contribution in [2.75, 3.05) is 10.2 Å². The minimum absolute atomic E-state index is 0.0530. The fourth-order valence-corrected chi connectivity index (χ4v) is 18.2. The van der Waals surface area contributed by atoms with E-state index in [1.54, 1.807) is 0 Å². The van der Waals surface area contributed by atoms with Crippen molar-refractivity contribution in [1.82, 2.24) is 0 Å². The molecule has 0 saturated carbocycles. The van der Waals surface area contributed by atoms with E-state index < -0.39 is 5.41 Å². The van der Waals surface area contributed by atoms with Crippen LogP contribution in [0.15, 0.2) is 400 Å². The smallest absolute Gasteiger partial charge is 0.0719 e. The predicted molar refractivity (Wildman–Crippen MR) is 449 cm³/mol. The summed E-state index contributed by atoms with van der Waals surface area (Å²) < 4.78 is 0. The normalized spacial score (nSPS) is 14.0. The van der Waals surface area contributed by atoms with Gasteiger partial charge in [0.15, 0.2) is 0 Å². The second-order valence-corrected chi connectivity index (χ2v) is 30.1. The van der Waals surface area contributed by atoms with Gasteiger partial charge in [0, 0.05) is 44.3 Å². The summed E-state index contributed by atoms with van der Waals surface area (Å²) in [5.74, 6) is 0. The van der Waals surface area contributed by atoms with Gasteiger partial charge in [0.1, 0.15) is 0 Å². The van der Waals surface area contributed by atoms with Crippen LogP contribution in [-0.4, -0.2) is 0 Å². The van der Waals surface area contributed by atoms with Gasteiger partial charge in [-0.15, -0.1) is 0 Å². The van der Waals surface area contributed by atoms with E-state index in [0.717, 1.165) is 33.5 Å². The van der Waals surface area contributed by atoms with Crippen LogP contribution in [0.25, 0.3) is 66.8 Å². The van der Waals surface area contributed by atoms with Gasteiger partial charge in [0.25, 0.3) is 0 Å². The zero-order valence-electron chi connectivity index (χ0n) is 60.4. The molecular formula is C104H79ClN2. The quantitative estimate of drug-likeness (QED) is 0.155. The van der Waals surface area contributed by atoms with Gasteiger partial charge in [-0.3, -0.25) is 0 Å². The van der Waals surface area contributed by atoms with Gasteiger partial charge in [0.05, 0.1) is 10.8 Å². The van der Waals surface area contributed by atoms with E-state index in [1.165, 1.54) is 134 Å². The Kier molecular flexibility index (Phi) is 16.8. The minimum atomic E-state index is -0.410. The molecule has 107 heavy (non-hydrogen) atoms. The Morgan fingerprint density at radius 3 is 0.785 bits per heavy atom. The van der Waals surface area contributed by atoms with Crippen LogP contribution in [0.3, 0.4) is 0 Å². The van der Waals surface area contributed by atoms with Crippen LogP contribution in [0.5, 0.6) is 0 Å². The van der Waals surface area contributed by atoms with E-state index in [9.17, 15) is 0 Å². The molecule has 0 amide bonds. The third kappa shape index (κ3) is 11.2. The van der Waals surface area contributed by atoms with Gasteiger partial charge >= 0.3 is 0 Å². The summed E-state index contributed by atoms with van der Waals surface area (Å²) in [7, 11) is 0. The van der Waals surface area contributed by atoms with E-state index >= 15 is 0 Å². The van der Waals surface area contributed by atoms with Gasteiger partial charge < -0.3 is 10.2 Å². The van der Waals surface area contributed by atoms with Crippen LogP contribution in [0.4, 0.5) is 28.4 Å². The summed E-state index contributed by atoms with van der Waals surface area (Å²) in [6, 6.07) is 145. The second kappa shape index (κ2) is 27.1. The van der Waals surface area contributed by atoms with E-state index in [1.807, 2.05) is 18.2 Å². The lowest BCUT2D eigenvalue weighted by atomic mass is 9.55. The van der Waals surface area contributed by atoms with Crippen molar-refractivity contribution >= 4 is 40.0 Å². The van der Waals surface area contributed by atoms with Crippen molar-refractivity contribution in [1.29, 1.82) is 0 Å². The Morgan fingerprint density at radius 2 is 0.449 bits per heavy atom. The van der Waals surface area contributed by atoms with E-state index in [4.69, 9.17) is 11.6 Å². The number of rotatable bonds is 9. The Balaban J connectivity index is 0.000000126. The standard InChI is InChI=1S/C52H39N.C28H21Cl.C24H19N/c1-51(2)47-21-11-13-23-49(47)52(50-24-14-12-22-48(50)51)45-20-10-9-19-43(45)44-35-42(33-34-46(44)52)53(40-29-25-38(26-30-40)36-15-5-3-6-16-36)41-31-27-39(28-32-41)37-17-7-4-8-18-37;1-27(2)23-11-5-7-13-25(23)28(26-14-8-6-12-24(26)27)21-10-4-3-9-19(21)20-17-18(29)15-16-22(20)28;1-3-7-19(8-4-1)21-11-15-23(16-12-21)25-24-17-13-22(14-18-24)20-9-5-2-6-10-20/h3-35H,1-2H3;3-17H,1-2H3;1-18,25H. The number of halogens is 1. The van der Waals surface area contributed by atoms with Crippen molar-refractivity contribution < 1.29 is 0 Å². The number of hydrogen-bond acceptors (Lipinski definition) is 2. The van der Waals surface area contributed by atoms with Gasteiger partial charge in [0.2, 0.25) is 0 Å². The fourth-order valence-electron chi connectivity index (χ4n) is 18.1. The first-order valence-electron chi connectivity index (χ1n) is 37.2. The number of hydrogen-bond donors (Lipinski definition) is 1. The van der Waals surface area contributed by atoms with Crippen LogP contribution < -0.4 is 10.2 Å². The van der Waals surface area contributed by atoms with Gasteiger partial charge in [-0.05, 0) is 206 Å². The first-order valence-corrected chi connectivity index (χ1v) is 37.6. The zero-order valence-corrected chi connectivity index (χ0v) is 61.2. The number of anilines is 5. The van der Waals surface area contributed by atoms with Crippen molar-refractivity contribution in [2.45, 2.75) is 49.4 Å². The monoisotopic (exact) mass is 1390 g/mol. The van der Waals surface area contributed by atoms with Crippen LogP contribution >= 0.6 is 11.6 Å². The summed E-state index contributed by atoms with van der Waals surface area (Å²) in [5, 5.41) is 4.25. The fraction of sp³-hybridized carbons (Fsp3) is 0.0769. The lowest BCUT2D eigenvalue weighted by Gasteiger charge is -2.46. The molecule has 20 rings (SSSR count).